The van der Waals surface area contributed by atoms with Crippen molar-refractivity contribution in [2.45, 2.75) is 18.0 Å². The van der Waals surface area contributed by atoms with E-state index in [0.717, 1.165) is 11.4 Å². The first-order chi connectivity index (χ1) is 11.2. The lowest BCUT2D eigenvalue weighted by Crippen LogP contribution is -2.36. The lowest BCUT2D eigenvalue weighted by atomic mass is 10.0. The van der Waals surface area contributed by atoms with Crippen molar-refractivity contribution < 1.29 is 26.4 Å². The van der Waals surface area contributed by atoms with Crippen molar-refractivity contribution in [1.29, 1.82) is 0 Å². The van der Waals surface area contributed by atoms with E-state index in [2.05, 4.69) is 5.32 Å². The van der Waals surface area contributed by atoms with Gasteiger partial charge in [-0.2, -0.15) is 13.2 Å². The third kappa shape index (κ3) is 3.46. The lowest BCUT2D eigenvalue weighted by molar-refractivity contribution is -0.134. The van der Waals surface area contributed by atoms with Crippen LogP contribution in [0.5, 0.6) is 0 Å². The number of nitrogens with one attached hydrogen (secondary N) is 1. The number of carbonyl (C=O) groups excluding carboxylic acids is 1. The molecule has 0 saturated carbocycles. The molecule has 9 heteroatoms. The predicted molar refractivity (Wildman–Crippen MR) is 83.5 cm³/mol. The molecule has 0 aliphatic carbocycles. The third-order valence-corrected chi connectivity index (χ3v) is 6.24. The Bertz CT molecular complexity index is 887. The summed E-state index contributed by atoms with van der Waals surface area (Å²) in [5.41, 5.74) is 1.13. The first kappa shape index (κ1) is 17.0. The highest BCUT2D eigenvalue weighted by atomic mass is 32.2. The summed E-state index contributed by atoms with van der Waals surface area (Å²) in [6.45, 7) is 0. The number of halogens is 3. The van der Waals surface area contributed by atoms with Crippen molar-refractivity contribution in [2.75, 3.05) is 5.75 Å². The Balaban J connectivity index is 1.85. The molecular weight excluding hydrogens is 363 g/mol. The zero-order valence-electron chi connectivity index (χ0n) is 12.1. The molecular formula is C15H12F3NO3S2. The zero-order valence-corrected chi connectivity index (χ0v) is 13.8. The van der Waals surface area contributed by atoms with Crippen LogP contribution in [0.1, 0.15) is 32.4 Å². The molecule has 1 aromatic heterocycles. The molecule has 24 heavy (non-hydrogen) atoms. The highest BCUT2D eigenvalue weighted by Gasteiger charge is 2.34. The predicted octanol–water partition coefficient (Wildman–Crippen LogP) is 3.17. The highest BCUT2D eigenvalue weighted by molar-refractivity contribution is 7.90. The van der Waals surface area contributed by atoms with Gasteiger partial charge in [0.15, 0.2) is 9.84 Å². The van der Waals surface area contributed by atoms with E-state index in [1.807, 2.05) is 0 Å². The van der Waals surface area contributed by atoms with Gasteiger partial charge in [-0.25, -0.2) is 8.42 Å². The number of thiophene rings is 1. The summed E-state index contributed by atoms with van der Waals surface area (Å²) in [7, 11) is -3.38. The van der Waals surface area contributed by atoms with E-state index in [-0.39, 0.29) is 17.1 Å². The van der Waals surface area contributed by atoms with Crippen molar-refractivity contribution in [3.05, 3.63) is 57.3 Å². The van der Waals surface area contributed by atoms with Gasteiger partial charge < -0.3 is 5.32 Å². The van der Waals surface area contributed by atoms with Crippen LogP contribution in [0, 0.1) is 0 Å². The van der Waals surface area contributed by atoms with E-state index < -0.39 is 32.8 Å². The minimum absolute atomic E-state index is 0.105. The normalized spacial score (nSPS) is 19.5. The van der Waals surface area contributed by atoms with Gasteiger partial charge in [0.25, 0.3) is 5.91 Å². The van der Waals surface area contributed by atoms with Crippen LogP contribution in [0.2, 0.25) is 0 Å². The first-order valence-electron chi connectivity index (χ1n) is 6.90. The second-order valence-electron chi connectivity index (χ2n) is 5.48. The van der Waals surface area contributed by atoms with E-state index in [0.29, 0.717) is 22.5 Å². The maximum atomic E-state index is 12.6. The van der Waals surface area contributed by atoms with Crippen LogP contribution in [0.4, 0.5) is 13.2 Å². The van der Waals surface area contributed by atoms with E-state index in [9.17, 15) is 26.4 Å². The van der Waals surface area contributed by atoms with Gasteiger partial charge >= 0.3 is 6.18 Å². The number of amides is 1. The average Bonchev–Trinajstić information content (AvgIpc) is 2.96. The van der Waals surface area contributed by atoms with Gasteiger partial charge in [-0.15, -0.1) is 11.3 Å². The number of sulfone groups is 1. The standard InChI is InChI=1S/C15H12F3NO3S2/c16-15(17,18)13-5-10(6-23-13)14(20)19-12-8-24(21,22)7-9-3-1-2-4-11(9)12/h1-6,12H,7-8H2,(H,19,20). The summed E-state index contributed by atoms with van der Waals surface area (Å²) in [5.74, 6) is -1.10. The first-order valence-corrected chi connectivity index (χ1v) is 9.61. The van der Waals surface area contributed by atoms with Gasteiger partial charge in [-0.1, -0.05) is 24.3 Å². The number of hydrogen-bond acceptors (Lipinski definition) is 4. The summed E-state index contributed by atoms with van der Waals surface area (Å²) in [6, 6.07) is 6.79. The van der Waals surface area contributed by atoms with Crippen LogP contribution in [0.15, 0.2) is 35.7 Å². The molecule has 2 aromatic rings. The van der Waals surface area contributed by atoms with Crippen LogP contribution in [-0.4, -0.2) is 20.1 Å². The number of benzene rings is 1. The van der Waals surface area contributed by atoms with Crippen molar-refractivity contribution >= 4 is 27.1 Å². The number of carbonyl (C=O) groups is 1. The molecule has 1 aromatic carbocycles. The van der Waals surface area contributed by atoms with Crippen molar-refractivity contribution in [3.63, 3.8) is 0 Å². The zero-order chi connectivity index (χ0) is 17.5. The van der Waals surface area contributed by atoms with Gasteiger partial charge in [-0.05, 0) is 17.2 Å². The molecule has 1 aliphatic heterocycles. The Labute approximate surface area is 140 Å². The SMILES string of the molecule is O=C(NC1CS(=O)(=O)Cc2ccccc21)c1csc(C(F)(F)F)c1. The van der Waals surface area contributed by atoms with Gasteiger partial charge in [0.2, 0.25) is 0 Å². The lowest BCUT2D eigenvalue weighted by Gasteiger charge is -2.26. The molecule has 0 fully saturated rings. The smallest absolute Gasteiger partial charge is 0.344 e. The molecule has 2 heterocycles. The van der Waals surface area contributed by atoms with Crippen LogP contribution in [0.3, 0.4) is 0 Å². The van der Waals surface area contributed by atoms with Gasteiger partial charge in [-0.3, -0.25) is 4.79 Å². The molecule has 3 rings (SSSR count). The fourth-order valence-electron chi connectivity index (χ4n) is 2.61. The molecule has 1 atom stereocenters. The molecule has 1 aliphatic rings. The van der Waals surface area contributed by atoms with Crippen LogP contribution < -0.4 is 5.32 Å². The Kier molecular flexibility index (Phi) is 4.16. The molecule has 0 spiro atoms. The number of alkyl halides is 3. The summed E-state index contributed by atoms with van der Waals surface area (Å²) in [4.78, 5) is 11.3. The third-order valence-electron chi connectivity index (χ3n) is 3.67. The summed E-state index contributed by atoms with van der Waals surface area (Å²) in [5, 5.41) is 3.65. The summed E-state index contributed by atoms with van der Waals surface area (Å²) >= 11 is 0.428. The minimum atomic E-state index is -4.51. The molecule has 1 N–H and O–H groups in total. The molecule has 0 radical (unpaired) electrons. The van der Waals surface area contributed by atoms with Gasteiger partial charge in [0.1, 0.15) is 4.88 Å². The molecule has 4 nitrogen and oxygen atoms in total. The maximum absolute atomic E-state index is 12.6. The van der Waals surface area contributed by atoms with Crippen molar-refractivity contribution in [3.8, 4) is 0 Å². The monoisotopic (exact) mass is 375 g/mol. The van der Waals surface area contributed by atoms with Gasteiger partial charge in [0, 0.05) is 5.38 Å². The fraction of sp³-hybridized carbons (Fsp3) is 0.267. The summed E-state index contributed by atoms with van der Waals surface area (Å²) < 4.78 is 61.8. The minimum Gasteiger partial charge on any atom is -0.344 e. The molecule has 0 bridgehead atoms. The van der Waals surface area contributed by atoms with E-state index in [1.165, 1.54) is 0 Å². The van der Waals surface area contributed by atoms with E-state index >= 15 is 0 Å². The second kappa shape index (κ2) is 5.89. The van der Waals surface area contributed by atoms with Crippen LogP contribution in [0.25, 0.3) is 0 Å². The highest BCUT2D eigenvalue weighted by Crippen LogP contribution is 2.34. The topological polar surface area (TPSA) is 63.2 Å². The van der Waals surface area contributed by atoms with Gasteiger partial charge in [0.05, 0.1) is 23.1 Å². The van der Waals surface area contributed by atoms with Crippen LogP contribution in [-0.2, 0) is 21.8 Å². The second-order valence-corrected chi connectivity index (χ2v) is 8.50. The van der Waals surface area contributed by atoms with E-state index in [4.69, 9.17) is 0 Å². The van der Waals surface area contributed by atoms with Crippen molar-refractivity contribution in [1.82, 2.24) is 5.32 Å². The Hall–Kier alpha value is -1.87. The quantitative estimate of drug-likeness (QED) is 0.877. The molecule has 1 amide bonds. The van der Waals surface area contributed by atoms with Crippen molar-refractivity contribution in [2.24, 2.45) is 0 Å². The summed E-state index contributed by atoms with van der Waals surface area (Å²) in [6.07, 6.45) is -4.51. The molecule has 0 saturated heterocycles. The molecule has 1 unspecified atom stereocenters. The Morgan fingerprint density at radius 3 is 2.62 bits per heavy atom. The number of hydrogen-bond donors (Lipinski definition) is 1. The Morgan fingerprint density at radius 2 is 1.96 bits per heavy atom. The number of fused-ring (bicyclic) bond motifs is 1. The number of rotatable bonds is 2. The average molecular weight is 375 g/mol. The molecule has 128 valence electrons. The largest absolute Gasteiger partial charge is 0.425 e. The fourth-order valence-corrected chi connectivity index (χ4v) is 4.99. The van der Waals surface area contributed by atoms with E-state index in [1.54, 1.807) is 24.3 Å². The van der Waals surface area contributed by atoms with Crippen LogP contribution >= 0.6 is 11.3 Å². The maximum Gasteiger partial charge on any atom is 0.425 e. The Morgan fingerprint density at radius 1 is 1.25 bits per heavy atom.